The van der Waals surface area contributed by atoms with E-state index in [1.807, 2.05) is 0 Å². The molecule has 150 valence electrons. The summed E-state index contributed by atoms with van der Waals surface area (Å²) in [5, 5.41) is 8.44. The number of guanidine groups is 1. The fraction of sp³-hybridized carbons (Fsp3) is 0.706. The van der Waals surface area contributed by atoms with Gasteiger partial charge < -0.3 is 10.6 Å². The smallest absolute Gasteiger partial charge is 0.213 e. The van der Waals surface area contributed by atoms with Crippen LogP contribution in [0, 0.1) is 5.92 Å². The van der Waals surface area contributed by atoms with Crippen molar-refractivity contribution < 1.29 is 8.42 Å². The first kappa shape index (κ1) is 23.6. The highest BCUT2D eigenvalue weighted by Crippen LogP contribution is 2.26. The highest BCUT2D eigenvalue weighted by Gasteiger charge is 2.22. The Hall–Kier alpha value is -0.390. The molecule has 1 aliphatic carbocycles. The van der Waals surface area contributed by atoms with Crippen molar-refractivity contribution in [3.8, 4) is 0 Å². The number of aliphatic imine (C=N–C) groups is 1. The zero-order valence-corrected chi connectivity index (χ0v) is 19.7. The van der Waals surface area contributed by atoms with Crippen LogP contribution in [0.5, 0.6) is 0 Å². The van der Waals surface area contributed by atoms with Gasteiger partial charge in [0.15, 0.2) is 5.96 Å². The summed E-state index contributed by atoms with van der Waals surface area (Å²) in [6.07, 6.45) is 3.49. The lowest BCUT2D eigenvalue weighted by molar-refractivity contribution is 0.316. The normalized spacial score (nSPS) is 15.9. The van der Waals surface area contributed by atoms with Crippen molar-refractivity contribution in [2.75, 3.05) is 32.4 Å². The van der Waals surface area contributed by atoms with Crippen LogP contribution < -0.4 is 15.4 Å². The molecule has 0 aliphatic heterocycles. The van der Waals surface area contributed by atoms with Gasteiger partial charge in [0.2, 0.25) is 10.0 Å². The largest absolute Gasteiger partial charge is 0.356 e. The van der Waals surface area contributed by atoms with Crippen LogP contribution in [0.4, 0.5) is 0 Å². The van der Waals surface area contributed by atoms with Crippen LogP contribution in [0.3, 0.4) is 0 Å². The molecule has 0 spiro atoms. The molecule has 9 heteroatoms. The number of rotatable bonds is 9. The van der Waals surface area contributed by atoms with Crippen LogP contribution in [0.2, 0.25) is 0 Å². The molecule has 0 amide bonds. The fourth-order valence-corrected chi connectivity index (χ4v) is 4.45. The van der Waals surface area contributed by atoms with E-state index in [2.05, 4.69) is 51.7 Å². The molecule has 0 bridgehead atoms. The summed E-state index contributed by atoms with van der Waals surface area (Å²) in [6, 6.07) is 4.18. The molecule has 1 aromatic heterocycles. The Morgan fingerprint density at radius 1 is 1.35 bits per heavy atom. The topological polar surface area (TPSA) is 82.6 Å². The van der Waals surface area contributed by atoms with Crippen molar-refractivity contribution in [2.45, 2.75) is 38.5 Å². The summed E-state index contributed by atoms with van der Waals surface area (Å²) < 4.78 is 26.7. The molecule has 0 aromatic carbocycles. The second-order valence-electron chi connectivity index (χ2n) is 7.18. The van der Waals surface area contributed by atoms with Crippen molar-refractivity contribution >= 4 is 51.3 Å². The molecule has 0 unspecified atom stereocenters. The average molecular weight is 514 g/mol. The molecule has 1 heterocycles. The van der Waals surface area contributed by atoms with Gasteiger partial charge >= 0.3 is 0 Å². The van der Waals surface area contributed by atoms with E-state index in [9.17, 15) is 8.42 Å². The van der Waals surface area contributed by atoms with Gasteiger partial charge in [-0.25, -0.2) is 13.1 Å². The third-order valence-electron chi connectivity index (χ3n) is 4.59. The average Bonchev–Trinajstić information content (AvgIpc) is 3.04. The summed E-state index contributed by atoms with van der Waals surface area (Å²) in [5.41, 5.74) is -0.0117. The van der Waals surface area contributed by atoms with E-state index >= 15 is 0 Å². The van der Waals surface area contributed by atoms with E-state index in [-0.39, 0.29) is 35.1 Å². The predicted octanol–water partition coefficient (Wildman–Crippen LogP) is 2.53. The van der Waals surface area contributed by atoms with Crippen LogP contribution in [-0.4, -0.2) is 46.8 Å². The second kappa shape index (κ2) is 10.8. The van der Waals surface area contributed by atoms with Gasteiger partial charge in [0.1, 0.15) is 0 Å². The third-order valence-corrected chi connectivity index (χ3v) is 7.17. The SMILES string of the molecule is CN=C(NCCS(=O)(=O)NCC1CCC1)NCC(C)(C)c1cccs1.I. The van der Waals surface area contributed by atoms with E-state index in [0.717, 1.165) is 19.4 Å². The summed E-state index contributed by atoms with van der Waals surface area (Å²) in [4.78, 5) is 5.48. The first-order valence-corrected chi connectivity index (χ1v) is 11.3. The zero-order valence-electron chi connectivity index (χ0n) is 15.7. The van der Waals surface area contributed by atoms with E-state index in [4.69, 9.17) is 0 Å². The molecule has 1 aliphatic rings. The predicted molar refractivity (Wildman–Crippen MR) is 121 cm³/mol. The number of nitrogens with one attached hydrogen (secondary N) is 3. The van der Waals surface area contributed by atoms with E-state index < -0.39 is 10.0 Å². The van der Waals surface area contributed by atoms with E-state index in [0.29, 0.717) is 25.0 Å². The van der Waals surface area contributed by atoms with Crippen molar-refractivity contribution in [2.24, 2.45) is 10.9 Å². The zero-order chi connectivity index (χ0) is 18.3. The Labute approximate surface area is 178 Å². The van der Waals surface area contributed by atoms with Crippen molar-refractivity contribution in [1.82, 2.24) is 15.4 Å². The molecule has 2 rings (SSSR count). The number of halogens is 1. The molecular formula is C17H31IN4O2S2. The Morgan fingerprint density at radius 3 is 2.62 bits per heavy atom. The molecule has 6 nitrogen and oxygen atoms in total. The lowest BCUT2D eigenvalue weighted by Gasteiger charge is -2.25. The molecule has 1 saturated carbocycles. The first-order chi connectivity index (χ1) is 11.8. The summed E-state index contributed by atoms with van der Waals surface area (Å²) in [7, 11) is -1.54. The fourth-order valence-electron chi connectivity index (χ4n) is 2.59. The molecule has 0 radical (unpaired) electrons. The van der Waals surface area contributed by atoms with Gasteiger partial charge in [0.05, 0.1) is 5.75 Å². The number of sulfonamides is 1. The van der Waals surface area contributed by atoms with Gasteiger partial charge in [-0.3, -0.25) is 4.99 Å². The molecule has 1 aromatic rings. The first-order valence-electron chi connectivity index (χ1n) is 8.78. The number of hydrogen-bond acceptors (Lipinski definition) is 4. The van der Waals surface area contributed by atoms with Gasteiger partial charge in [-0.1, -0.05) is 26.3 Å². The maximum atomic E-state index is 12.0. The molecule has 26 heavy (non-hydrogen) atoms. The molecule has 0 atom stereocenters. The van der Waals surface area contributed by atoms with Crippen molar-refractivity contribution in [3.05, 3.63) is 22.4 Å². The Morgan fingerprint density at radius 2 is 2.08 bits per heavy atom. The standard InChI is InChI=1S/C17H30N4O2S2.HI/c1-17(2,15-8-5-10-24-15)13-20-16(18-3)19-9-11-25(22,23)21-12-14-6-4-7-14;/h5,8,10,14,21H,4,6-7,9,11-13H2,1-3H3,(H2,18,19,20);1H. The monoisotopic (exact) mass is 514 g/mol. The van der Waals surface area contributed by atoms with Crippen molar-refractivity contribution in [3.63, 3.8) is 0 Å². The highest BCUT2D eigenvalue weighted by molar-refractivity contribution is 14.0. The summed E-state index contributed by atoms with van der Waals surface area (Å²) in [6.45, 7) is 5.98. The summed E-state index contributed by atoms with van der Waals surface area (Å²) >= 11 is 1.74. The minimum Gasteiger partial charge on any atom is -0.356 e. The molecule has 3 N–H and O–H groups in total. The highest BCUT2D eigenvalue weighted by atomic mass is 127. The minimum absolute atomic E-state index is 0. The molecule has 0 saturated heterocycles. The molecular weight excluding hydrogens is 483 g/mol. The quantitative estimate of drug-likeness (QED) is 0.269. The van der Waals surface area contributed by atoms with Gasteiger partial charge in [-0.05, 0) is 30.2 Å². The Kier molecular flexibility index (Phi) is 9.84. The Bertz CT molecular complexity index is 656. The van der Waals surface area contributed by atoms with E-state index in [1.165, 1.54) is 11.3 Å². The second-order valence-corrected chi connectivity index (χ2v) is 10.1. The number of nitrogens with zero attached hydrogens (tertiary/aromatic N) is 1. The van der Waals surface area contributed by atoms with Gasteiger partial charge in [-0.15, -0.1) is 35.3 Å². The summed E-state index contributed by atoms with van der Waals surface area (Å²) in [5.74, 6) is 1.20. The lowest BCUT2D eigenvalue weighted by Crippen LogP contribution is -2.45. The minimum atomic E-state index is -3.23. The van der Waals surface area contributed by atoms with E-state index in [1.54, 1.807) is 18.4 Å². The Balaban J connectivity index is 0.00000338. The third kappa shape index (κ3) is 7.69. The van der Waals surface area contributed by atoms with Crippen LogP contribution in [0.15, 0.2) is 22.5 Å². The van der Waals surface area contributed by atoms with Gasteiger partial charge in [0, 0.05) is 37.0 Å². The van der Waals surface area contributed by atoms with Crippen LogP contribution in [0.1, 0.15) is 38.0 Å². The van der Waals surface area contributed by atoms with Crippen LogP contribution in [-0.2, 0) is 15.4 Å². The van der Waals surface area contributed by atoms with Gasteiger partial charge in [-0.2, -0.15) is 0 Å². The lowest BCUT2D eigenvalue weighted by atomic mass is 9.86. The van der Waals surface area contributed by atoms with Crippen molar-refractivity contribution in [1.29, 1.82) is 0 Å². The number of thiophene rings is 1. The van der Waals surface area contributed by atoms with Crippen LogP contribution in [0.25, 0.3) is 0 Å². The molecule has 1 fully saturated rings. The van der Waals surface area contributed by atoms with Crippen LogP contribution >= 0.6 is 35.3 Å². The maximum absolute atomic E-state index is 12.0. The maximum Gasteiger partial charge on any atom is 0.213 e. The number of hydrogen-bond donors (Lipinski definition) is 3. The van der Waals surface area contributed by atoms with Gasteiger partial charge in [0.25, 0.3) is 0 Å².